The number of thiazole rings is 1. The zero-order valence-electron chi connectivity index (χ0n) is 14.7. The average molecular weight is 400 g/mol. The molecule has 0 radical (unpaired) electrons. The summed E-state index contributed by atoms with van der Waals surface area (Å²) in [6.07, 6.45) is 0.404. The molecule has 2 N–H and O–H groups in total. The first-order valence-electron chi connectivity index (χ1n) is 8.34. The Labute approximate surface area is 166 Å². The van der Waals surface area contributed by atoms with Crippen LogP contribution in [-0.4, -0.2) is 16.8 Å². The minimum atomic E-state index is -0.187. The molecule has 0 fully saturated rings. The number of carbonyl (C=O) groups is 2. The van der Waals surface area contributed by atoms with Gasteiger partial charge in [0.2, 0.25) is 11.8 Å². The lowest BCUT2D eigenvalue weighted by atomic mass is 10.1. The van der Waals surface area contributed by atoms with Crippen LogP contribution in [0.15, 0.2) is 53.9 Å². The maximum absolute atomic E-state index is 12.2. The van der Waals surface area contributed by atoms with Gasteiger partial charge in [0.15, 0.2) is 5.13 Å². The minimum Gasteiger partial charge on any atom is -0.325 e. The Kier molecular flexibility index (Phi) is 6.21. The number of hydrogen-bond donors (Lipinski definition) is 2. The largest absolute Gasteiger partial charge is 0.325 e. The Bertz CT molecular complexity index is 957. The zero-order valence-corrected chi connectivity index (χ0v) is 16.2. The van der Waals surface area contributed by atoms with Crippen molar-refractivity contribution in [2.45, 2.75) is 19.8 Å². The molecule has 0 aliphatic carbocycles. The van der Waals surface area contributed by atoms with E-state index in [-0.39, 0.29) is 24.7 Å². The Morgan fingerprint density at radius 2 is 1.78 bits per heavy atom. The molecule has 0 unspecified atom stereocenters. The first kappa shape index (κ1) is 19.1. The zero-order chi connectivity index (χ0) is 19.2. The van der Waals surface area contributed by atoms with Gasteiger partial charge in [-0.1, -0.05) is 48.0 Å². The summed E-state index contributed by atoms with van der Waals surface area (Å²) in [5.41, 5.74) is 3.15. The molecule has 0 spiro atoms. The highest BCUT2D eigenvalue weighted by Gasteiger charge is 2.11. The number of halogens is 1. The van der Waals surface area contributed by atoms with E-state index >= 15 is 0 Å². The molecule has 0 saturated heterocycles. The summed E-state index contributed by atoms with van der Waals surface area (Å²) in [6.45, 7) is 1.90. The molecule has 5 nitrogen and oxygen atoms in total. The van der Waals surface area contributed by atoms with Gasteiger partial charge in [-0.05, 0) is 30.2 Å². The summed E-state index contributed by atoms with van der Waals surface area (Å²) in [6, 6.07) is 14.8. The van der Waals surface area contributed by atoms with Gasteiger partial charge in [-0.2, -0.15) is 0 Å². The molecular weight excluding hydrogens is 382 g/mol. The second-order valence-corrected chi connectivity index (χ2v) is 7.33. The van der Waals surface area contributed by atoms with Crippen molar-refractivity contribution < 1.29 is 9.59 Å². The van der Waals surface area contributed by atoms with Gasteiger partial charge in [0, 0.05) is 16.1 Å². The molecule has 1 heterocycles. The molecule has 0 aliphatic heterocycles. The average Bonchev–Trinajstić information content (AvgIpc) is 3.05. The molecule has 7 heteroatoms. The first-order chi connectivity index (χ1) is 13.0. The molecule has 138 valence electrons. The number of nitrogens with zero attached hydrogens (tertiary/aromatic N) is 1. The molecule has 0 bridgehead atoms. The number of anilines is 2. The van der Waals surface area contributed by atoms with Gasteiger partial charge in [-0.15, -0.1) is 11.3 Å². The van der Waals surface area contributed by atoms with Gasteiger partial charge in [-0.25, -0.2) is 4.98 Å². The van der Waals surface area contributed by atoms with Crippen LogP contribution in [0, 0.1) is 6.92 Å². The predicted molar refractivity (Wildman–Crippen MR) is 109 cm³/mol. The fraction of sp³-hybridized carbons (Fsp3) is 0.150. The number of nitrogens with one attached hydrogen (secondary N) is 2. The third-order valence-corrected chi connectivity index (χ3v) is 4.86. The molecule has 3 rings (SSSR count). The second-order valence-electron chi connectivity index (χ2n) is 6.04. The molecule has 3 aromatic rings. The van der Waals surface area contributed by atoms with Gasteiger partial charge in [-0.3, -0.25) is 9.59 Å². The van der Waals surface area contributed by atoms with Crippen LogP contribution in [0.2, 0.25) is 5.02 Å². The summed E-state index contributed by atoms with van der Waals surface area (Å²) in [7, 11) is 0. The van der Waals surface area contributed by atoms with Crippen LogP contribution in [0.4, 0.5) is 10.8 Å². The van der Waals surface area contributed by atoms with E-state index in [0.717, 1.165) is 11.1 Å². The molecule has 0 aliphatic rings. The summed E-state index contributed by atoms with van der Waals surface area (Å²) < 4.78 is 0. The molecule has 2 aromatic carbocycles. The monoisotopic (exact) mass is 399 g/mol. The van der Waals surface area contributed by atoms with Crippen molar-refractivity contribution in [3.05, 3.63) is 75.8 Å². The maximum Gasteiger partial charge on any atom is 0.230 e. The van der Waals surface area contributed by atoms with Crippen molar-refractivity contribution >= 4 is 45.6 Å². The van der Waals surface area contributed by atoms with E-state index in [4.69, 9.17) is 11.6 Å². The number of hydrogen-bond acceptors (Lipinski definition) is 4. The predicted octanol–water partition coefficient (Wildman–Crippen LogP) is 4.47. The molecule has 2 amide bonds. The van der Waals surface area contributed by atoms with E-state index in [0.29, 0.717) is 21.5 Å². The lowest BCUT2D eigenvalue weighted by Gasteiger charge is -2.08. The molecule has 1 aromatic heterocycles. The van der Waals surface area contributed by atoms with Gasteiger partial charge in [0.25, 0.3) is 0 Å². The van der Waals surface area contributed by atoms with Gasteiger partial charge in [0.1, 0.15) is 0 Å². The maximum atomic E-state index is 12.2. The van der Waals surface area contributed by atoms with Crippen LogP contribution in [0.1, 0.15) is 16.8 Å². The van der Waals surface area contributed by atoms with Crippen LogP contribution < -0.4 is 10.6 Å². The number of amides is 2. The second kappa shape index (κ2) is 8.79. The Balaban J connectivity index is 1.55. The summed E-state index contributed by atoms with van der Waals surface area (Å²) in [5.74, 6) is -0.325. The van der Waals surface area contributed by atoms with Crippen molar-refractivity contribution in [2.24, 2.45) is 0 Å². The summed E-state index contributed by atoms with van der Waals surface area (Å²) in [5, 5.41) is 8.42. The van der Waals surface area contributed by atoms with Gasteiger partial charge >= 0.3 is 0 Å². The highest BCUT2D eigenvalue weighted by molar-refractivity contribution is 7.13. The Hall–Kier alpha value is -2.70. The van der Waals surface area contributed by atoms with Crippen molar-refractivity contribution in [1.82, 2.24) is 4.98 Å². The van der Waals surface area contributed by atoms with Crippen LogP contribution in [0.5, 0.6) is 0 Å². The smallest absolute Gasteiger partial charge is 0.230 e. The number of carbonyl (C=O) groups excluding carboxylic acids is 2. The fourth-order valence-electron chi connectivity index (χ4n) is 2.48. The number of benzene rings is 2. The van der Waals surface area contributed by atoms with E-state index in [2.05, 4.69) is 15.6 Å². The van der Waals surface area contributed by atoms with Gasteiger partial charge in [0.05, 0.1) is 18.5 Å². The van der Waals surface area contributed by atoms with E-state index in [9.17, 15) is 9.59 Å². The standard InChI is InChI=1S/C20H18ClN3O2S/c1-13-7-8-15(21)10-17(13)23-19(26)11-16-12-27-20(22-16)24-18(25)9-14-5-3-2-4-6-14/h2-8,10,12H,9,11H2,1H3,(H,23,26)(H,22,24,25). The molecule has 27 heavy (non-hydrogen) atoms. The van der Waals surface area contributed by atoms with Gasteiger partial charge < -0.3 is 10.6 Å². The Morgan fingerprint density at radius 3 is 2.56 bits per heavy atom. The quantitative estimate of drug-likeness (QED) is 0.642. The fourth-order valence-corrected chi connectivity index (χ4v) is 3.38. The normalized spacial score (nSPS) is 10.4. The van der Waals surface area contributed by atoms with E-state index in [1.54, 1.807) is 17.5 Å². The van der Waals surface area contributed by atoms with E-state index in [1.165, 1.54) is 11.3 Å². The van der Waals surface area contributed by atoms with Crippen molar-refractivity contribution in [2.75, 3.05) is 10.6 Å². The minimum absolute atomic E-state index is 0.122. The van der Waals surface area contributed by atoms with Crippen LogP contribution in [0.25, 0.3) is 0 Å². The third kappa shape index (κ3) is 5.64. The highest BCUT2D eigenvalue weighted by atomic mass is 35.5. The van der Waals surface area contributed by atoms with Crippen molar-refractivity contribution in [3.63, 3.8) is 0 Å². The van der Waals surface area contributed by atoms with Crippen molar-refractivity contribution in [3.8, 4) is 0 Å². The van der Waals surface area contributed by atoms with Crippen LogP contribution in [0.3, 0.4) is 0 Å². The van der Waals surface area contributed by atoms with E-state index < -0.39 is 0 Å². The van der Waals surface area contributed by atoms with E-state index in [1.807, 2.05) is 43.3 Å². The van der Waals surface area contributed by atoms with Crippen LogP contribution in [-0.2, 0) is 22.4 Å². The molecular formula is C20H18ClN3O2S. The number of aromatic nitrogens is 1. The summed E-state index contributed by atoms with van der Waals surface area (Å²) in [4.78, 5) is 28.6. The van der Waals surface area contributed by atoms with Crippen molar-refractivity contribution in [1.29, 1.82) is 0 Å². The lowest BCUT2D eigenvalue weighted by molar-refractivity contribution is -0.116. The number of aryl methyl sites for hydroxylation is 1. The topological polar surface area (TPSA) is 71.1 Å². The Morgan fingerprint density at radius 1 is 1.04 bits per heavy atom. The molecule has 0 atom stereocenters. The van der Waals surface area contributed by atoms with Crippen LogP contribution >= 0.6 is 22.9 Å². The molecule has 0 saturated carbocycles. The highest BCUT2D eigenvalue weighted by Crippen LogP contribution is 2.21. The lowest BCUT2D eigenvalue weighted by Crippen LogP contribution is -2.16. The first-order valence-corrected chi connectivity index (χ1v) is 9.59. The number of rotatable bonds is 6. The SMILES string of the molecule is Cc1ccc(Cl)cc1NC(=O)Cc1csc(NC(=O)Cc2ccccc2)n1. The summed E-state index contributed by atoms with van der Waals surface area (Å²) >= 11 is 7.27. The third-order valence-electron chi connectivity index (χ3n) is 3.82.